The molecule has 20 heavy (non-hydrogen) atoms. The summed E-state index contributed by atoms with van der Waals surface area (Å²) in [5.74, 6) is 0.268. The molecule has 0 aromatic heterocycles. The summed E-state index contributed by atoms with van der Waals surface area (Å²) >= 11 is 0. The number of benzene rings is 1. The molecule has 4 heteroatoms. The summed E-state index contributed by atoms with van der Waals surface area (Å²) in [6.45, 7) is 2.86. The Kier molecular flexibility index (Phi) is 5.01. The Morgan fingerprint density at radius 3 is 3.00 bits per heavy atom. The number of rotatable bonds is 6. The molecule has 0 bridgehead atoms. The van der Waals surface area contributed by atoms with E-state index in [1.807, 2.05) is 18.2 Å². The van der Waals surface area contributed by atoms with E-state index in [1.165, 1.54) is 0 Å². The first-order valence-electron chi connectivity index (χ1n) is 7.22. The number of nitrogens with one attached hydrogen (secondary N) is 1. The van der Waals surface area contributed by atoms with Crippen LogP contribution in [0.5, 0.6) is 5.75 Å². The number of ether oxygens (including phenoxy) is 1. The van der Waals surface area contributed by atoms with Crippen molar-refractivity contribution in [2.45, 2.75) is 32.2 Å². The molecular formula is C16H23NO3. The lowest BCUT2D eigenvalue weighted by Gasteiger charge is -2.20. The molecule has 1 saturated carbocycles. The third-order valence-corrected chi connectivity index (χ3v) is 4.26. The van der Waals surface area contributed by atoms with Crippen molar-refractivity contribution >= 4 is 5.97 Å². The summed E-state index contributed by atoms with van der Waals surface area (Å²) < 4.78 is 5.23. The third kappa shape index (κ3) is 3.51. The second kappa shape index (κ2) is 6.75. The van der Waals surface area contributed by atoms with Gasteiger partial charge in [-0.25, -0.2) is 0 Å². The van der Waals surface area contributed by atoms with Gasteiger partial charge in [-0.2, -0.15) is 0 Å². The first-order chi connectivity index (χ1) is 9.61. The van der Waals surface area contributed by atoms with E-state index in [9.17, 15) is 9.90 Å². The molecule has 0 spiro atoms. The van der Waals surface area contributed by atoms with Crippen molar-refractivity contribution in [3.8, 4) is 5.75 Å². The van der Waals surface area contributed by atoms with E-state index >= 15 is 0 Å². The standard InChI is InChI=1S/C16H23NO3/c1-11(12-5-3-7-14(9-12)20-2)17-10-13-6-4-8-15(13)16(18)19/h3,5,7,9,11,13,15,17H,4,6,8,10H2,1-2H3,(H,18,19). The third-order valence-electron chi connectivity index (χ3n) is 4.26. The summed E-state index contributed by atoms with van der Waals surface area (Å²) in [5, 5.41) is 12.6. The lowest BCUT2D eigenvalue weighted by molar-refractivity contribution is -0.142. The summed E-state index contributed by atoms with van der Waals surface area (Å²) in [7, 11) is 1.66. The minimum atomic E-state index is -0.650. The van der Waals surface area contributed by atoms with Crippen molar-refractivity contribution in [3.63, 3.8) is 0 Å². The SMILES string of the molecule is COc1cccc(C(C)NCC2CCCC2C(=O)O)c1. The fourth-order valence-electron chi connectivity index (χ4n) is 2.96. The normalized spacial score (nSPS) is 23.5. The molecule has 3 unspecified atom stereocenters. The zero-order chi connectivity index (χ0) is 14.5. The first kappa shape index (κ1) is 14.9. The van der Waals surface area contributed by atoms with Gasteiger partial charge < -0.3 is 15.2 Å². The summed E-state index contributed by atoms with van der Waals surface area (Å²) in [4.78, 5) is 11.2. The lowest BCUT2D eigenvalue weighted by Crippen LogP contribution is -2.30. The molecule has 2 rings (SSSR count). The molecular weight excluding hydrogens is 254 g/mol. The Balaban J connectivity index is 1.91. The molecule has 0 aliphatic heterocycles. The fourth-order valence-corrected chi connectivity index (χ4v) is 2.96. The van der Waals surface area contributed by atoms with Crippen LogP contribution in [0.2, 0.25) is 0 Å². The number of aliphatic carboxylic acids is 1. The van der Waals surface area contributed by atoms with Crippen LogP contribution in [-0.2, 0) is 4.79 Å². The fraction of sp³-hybridized carbons (Fsp3) is 0.562. The Labute approximate surface area is 120 Å². The smallest absolute Gasteiger partial charge is 0.306 e. The van der Waals surface area contributed by atoms with Crippen LogP contribution in [0.15, 0.2) is 24.3 Å². The number of hydrogen-bond donors (Lipinski definition) is 2. The predicted molar refractivity (Wildman–Crippen MR) is 77.9 cm³/mol. The average molecular weight is 277 g/mol. The van der Waals surface area contributed by atoms with E-state index in [1.54, 1.807) is 7.11 Å². The molecule has 0 amide bonds. The molecule has 110 valence electrons. The summed E-state index contributed by atoms with van der Waals surface area (Å²) in [6.07, 6.45) is 2.85. The summed E-state index contributed by atoms with van der Waals surface area (Å²) in [5.41, 5.74) is 1.16. The van der Waals surface area contributed by atoms with Crippen molar-refractivity contribution in [1.82, 2.24) is 5.32 Å². The highest BCUT2D eigenvalue weighted by molar-refractivity contribution is 5.70. The van der Waals surface area contributed by atoms with Crippen LogP contribution in [0.4, 0.5) is 0 Å². The average Bonchev–Trinajstić information content (AvgIpc) is 2.93. The second-order valence-corrected chi connectivity index (χ2v) is 5.54. The summed E-state index contributed by atoms with van der Waals surface area (Å²) in [6, 6.07) is 8.17. The second-order valence-electron chi connectivity index (χ2n) is 5.54. The lowest BCUT2D eigenvalue weighted by atomic mass is 9.95. The van der Waals surface area contributed by atoms with E-state index in [-0.39, 0.29) is 17.9 Å². The molecule has 0 saturated heterocycles. The van der Waals surface area contributed by atoms with E-state index in [0.29, 0.717) is 0 Å². The first-order valence-corrected chi connectivity index (χ1v) is 7.22. The van der Waals surface area contributed by atoms with Gasteiger partial charge in [-0.3, -0.25) is 4.79 Å². The number of carbonyl (C=O) groups is 1. The van der Waals surface area contributed by atoms with Crippen LogP contribution in [0.3, 0.4) is 0 Å². The molecule has 1 fully saturated rings. The van der Waals surface area contributed by atoms with Crippen molar-refractivity contribution in [3.05, 3.63) is 29.8 Å². The van der Waals surface area contributed by atoms with Gasteiger partial charge in [-0.05, 0) is 49.9 Å². The monoisotopic (exact) mass is 277 g/mol. The van der Waals surface area contributed by atoms with Crippen LogP contribution in [0, 0.1) is 11.8 Å². The molecule has 3 atom stereocenters. The minimum Gasteiger partial charge on any atom is -0.497 e. The highest BCUT2D eigenvalue weighted by Gasteiger charge is 2.32. The van der Waals surface area contributed by atoms with Crippen molar-refractivity contribution in [1.29, 1.82) is 0 Å². The molecule has 1 aromatic carbocycles. The minimum absolute atomic E-state index is 0.181. The van der Waals surface area contributed by atoms with Gasteiger partial charge in [0.25, 0.3) is 0 Å². The van der Waals surface area contributed by atoms with Gasteiger partial charge in [-0.15, -0.1) is 0 Å². The maximum absolute atomic E-state index is 11.2. The van der Waals surface area contributed by atoms with E-state index in [0.717, 1.165) is 37.1 Å². The highest BCUT2D eigenvalue weighted by atomic mass is 16.5. The molecule has 0 radical (unpaired) electrons. The van der Waals surface area contributed by atoms with Gasteiger partial charge in [-0.1, -0.05) is 18.6 Å². The molecule has 2 N–H and O–H groups in total. The van der Waals surface area contributed by atoms with E-state index in [2.05, 4.69) is 18.3 Å². The van der Waals surface area contributed by atoms with Gasteiger partial charge in [0.2, 0.25) is 0 Å². The Morgan fingerprint density at radius 1 is 1.50 bits per heavy atom. The zero-order valence-electron chi connectivity index (χ0n) is 12.1. The quantitative estimate of drug-likeness (QED) is 0.839. The number of carboxylic acids is 1. The van der Waals surface area contributed by atoms with Crippen LogP contribution in [-0.4, -0.2) is 24.7 Å². The number of methoxy groups -OCH3 is 1. The number of hydrogen-bond acceptors (Lipinski definition) is 3. The maximum Gasteiger partial charge on any atom is 0.306 e. The van der Waals surface area contributed by atoms with Gasteiger partial charge >= 0.3 is 5.97 Å². The maximum atomic E-state index is 11.2. The molecule has 4 nitrogen and oxygen atoms in total. The van der Waals surface area contributed by atoms with Crippen molar-refractivity contribution in [2.24, 2.45) is 11.8 Å². The van der Waals surface area contributed by atoms with Gasteiger partial charge in [0, 0.05) is 6.04 Å². The molecule has 0 heterocycles. The van der Waals surface area contributed by atoms with Crippen LogP contribution in [0.1, 0.15) is 37.8 Å². The van der Waals surface area contributed by atoms with E-state index in [4.69, 9.17) is 4.74 Å². The topological polar surface area (TPSA) is 58.6 Å². The van der Waals surface area contributed by atoms with Crippen molar-refractivity contribution in [2.75, 3.05) is 13.7 Å². The van der Waals surface area contributed by atoms with Gasteiger partial charge in [0.05, 0.1) is 13.0 Å². The zero-order valence-corrected chi connectivity index (χ0v) is 12.1. The largest absolute Gasteiger partial charge is 0.497 e. The molecule has 1 aliphatic carbocycles. The van der Waals surface area contributed by atoms with Crippen LogP contribution < -0.4 is 10.1 Å². The Bertz CT molecular complexity index is 461. The molecule has 1 aromatic rings. The molecule has 1 aliphatic rings. The van der Waals surface area contributed by atoms with Gasteiger partial charge in [0.1, 0.15) is 5.75 Å². The van der Waals surface area contributed by atoms with Crippen molar-refractivity contribution < 1.29 is 14.6 Å². The van der Waals surface area contributed by atoms with Crippen LogP contribution >= 0.6 is 0 Å². The van der Waals surface area contributed by atoms with Gasteiger partial charge in [0.15, 0.2) is 0 Å². The number of carboxylic acid groups (broad SMARTS) is 1. The Hall–Kier alpha value is -1.55. The predicted octanol–water partition coefficient (Wildman–Crippen LogP) is 2.85. The highest BCUT2D eigenvalue weighted by Crippen LogP contribution is 2.32. The Morgan fingerprint density at radius 2 is 2.30 bits per heavy atom. The van der Waals surface area contributed by atoms with E-state index < -0.39 is 5.97 Å². The van der Waals surface area contributed by atoms with Crippen LogP contribution in [0.25, 0.3) is 0 Å².